The minimum Gasteiger partial charge on any atom is -0.463 e. The number of fused-ring (bicyclic) bond motifs is 1. The maximum atomic E-state index is 11.9. The first kappa shape index (κ1) is 11.9. The standard InChI is InChI=1S/C13H10BrNO2/c1-2-11(14)8-3-4-12-10(5-8)13(16)9(6-15)7-17-12/h3-5,7,11H,2H2,1H3. The maximum absolute atomic E-state index is 11.9. The van der Waals surface area contributed by atoms with Crippen LogP contribution in [-0.4, -0.2) is 0 Å². The highest BCUT2D eigenvalue weighted by atomic mass is 79.9. The van der Waals surface area contributed by atoms with Crippen LogP contribution < -0.4 is 5.43 Å². The van der Waals surface area contributed by atoms with Gasteiger partial charge in [-0.3, -0.25) is 4.79 Å². The van der Waals surface area contributed by atoms with E-state index in [0.29, 0.717) is 11.0 Å². The van der Waals surface area contributed by atoms with Gasteiger partial charge in [-0.05, 0) is 24.1 Å². The van der Waals surface area contributed by atoms with Gasteiger partial charge in [-0.1, -0.05) is 28.9 Å². The van der Waals surface area contributed by atoms with Crippen molar-refractivity contribution < 1.29 is 4.42 Å². The molecule has 0 aliphatic carbocycles. The Morgan fingerprint density at radius 2 is 2.29 bits per heavy atom. The maximum Gasteiger partial charge on any atom is 0.210 e. The van der Waals surface area contributed by atoms with Gasteiger partial charge in [0.25, 0.3) is 0 Å². The molecule has 0 fully saturated rings. The molecule has 0 aliphatic heterocycles. The number of nitrogens with zero attached hydrogens (tertiary/aromatic N) is 1. The zero-order chi connectivity index (χ0) is 12.4. The van der Waals surface area contributed by atoms with E-state index in [1.807, 2.05) is 12.1 Å². The average Bonchev–Trinajstić information content (AvgIpc) is 2.38. The van der Waals surface area contributed by atoms with Gasteiger partial charge in [-0.15, -0.1) is 0 Å². The van der Waals surface area contributed by atoms with E-state index in [2.05, 4.69) is 22.9 Å². The lowest BCUT2D eigenvalue weighted by Gasteiger charge is -2.07. The van der Waals surface area contributed by atoms with Crippen molar-refractivity contribution in [2.45, 2.75) is 18.2 Å². The molecular formula is C13H10BrNO2. The smallest absolute Gasteiger partial charge is 0.210 e. The Kier molecular flexibility index (Phi) is 3.30. The molecule has 4 heteroatoms. The van der Waals surface area contributed by atoms with Crippen molar-refractivity contribution >= 4 is 26.9 Å². The second kappa shape index (κ2) is 4.72. The molecular weight excluding hydrogens is 282 g/mol. The lowest BCUT2D eigenvalue weighted by Crippen LogP contribution is -2.06. The number of hydrogen-bond acceptors (Lipinski definition) is 3. The summed E-state index contributed by atoms with van der Waals surface area (Å²) >= 11 is 3.53. The van der Waals surface area contributed by atoms with Gasteiger partial charge in [0.15, 0.2) is 0 Å². The number of rotatable bonds is 2. The molecule has 0 saturated heterocycles. The predicted octanol–water partition coefficient (Wildman–Crippen LogP) is 3.51. The molecule has 0 saturated carbocycles. The van der Waals surface area contributed by atoms with E-state index in [-0.39, 0.29) is 15.8 Å². The number of hydrogen-bond donors (Lipinski definition) is 0. The monoisotopic (exact) mass is 291 g/mol. The number of nitriles is 1. The normalized spacial score (nSPS) is 12.3. The Labute approximate surface area is 107 Å². The molecule has 0 N–H and O–H groups in total. The Morgan fingerprint density at radius 1 is 1.53 bits per heavy atom. The van der Waals surface area contributed by atoms with Gasteiger partial charge in [0.1, 0.15) is 23.5 Å². The number of alkyl halides is 1. The summed E-state index contributed by atoms with van der Waals surface area (Å²) in [6, 6.07) is 7.29. The topological polar surface area (TPSA) is 54.0 Å². The van der Waals surface area contributed by atoms with Crippen LogP contribution in [-0.2, 0) is 0 Å². The quantitative estimate of drug-likeness (QED) is 0.796. The number of benzene rings is 1. The van der Waals surface area contributed by atoms with E-state index in [1.54, 1.807) is 12.1 Å². The van der Waals surface area contributed by atoms with Gasteiger partial charge in [-0.2, -0.15) is 5.26 Å². The summed E-state index contributed by atoms with van der Waals surface area (Å²) in [5.41, 5.74) is 1.29. The Balaban J connectivity index is 2.72. The zero-order valence-corrected chi connectivity index (χ0v) is 10.8. The van der Waals surface area contributed by atoms with E-state index in [0.717, 1.165) is 12.0 Å². The molecule has 0 amide bonds. The summed E-state index contributed by atoms with van der Waals surface area (Å²) in [6.45, 7) is 2.05. The molecule has 17 heavy (non-hydrogen) atoms. The van der Waals surface area contributed by atoms with E-state index < -0.39 is 0 Å². The average molecular weight is 292 g/mol. The van der Waals surface area contributed by atoms with Crippen LogP contribution in [0.3, 0.4) is 0 Å². The van der Waals surface area contributed by atoms with Crippen molar-refractivity contribution in [3.8, 4) is 6.07 Å². The van der Waals surface area contributed by atoms with Crippen LogP contribution in [0.2, 0.25) is 0 Å². The van der Waals surface area contributed by atoms with E-state index in [1.165, 1.54) is 6.26 Å². The Hall–Kier alpha value is -1.60. The summed E-state index contributed by atoms with van der Waals surface area (Å²) in [6.07, 6.45) is 2.13. The van der Waals surface area contributed by atoms with Crippen LogP contribution in [0.15, 0.2) is 33.7 Å². The van der Waals surface area contributed by atoms with Crippen LogP contribution in [0, 0.1) is 11.3 Å². The van der Waals surface area contributed by atoms with Gasteiger partial charge in [-0.25, -0.2) is 0 Å². The SMILES string of the molecule is CCC(Br)c1ccc2occ(C#N)c(=O)c2c1. The molecule has 2 rings (SSSR count). The molecule has 1 aromatic heterocycles. The Bertz CT molecular complexity index is 654. The predicted molar refractivity (Wildman–Crippen MR) is 69.2 cm³/mol. The molecule has 86 valence electrons. The summed E-state index contributed by atoms with van der Waals surface area (Å²) in [5, 5.41) is 9.24. The van der Waals surface area contributed by atoms with Crippen LogP contribution in [0.25, 0.3) is 11.0 Å². The highest BCUT2D eigenvalue weighted by molar-refractivity contribution is 9.09. The molecule has 0 bridgehead atoms. The summed E-state index contributed by atoms with van der Waals surface area (Å²) in [4.78, 5) is 12.1. The van der Waals surface area contributed by atoms with E-state index in [4.69, 9.17) is 9.68 Å². The van der Waals surface area contributed by atoms with Crippen molar-refractivity contribution in [2.24, 2.45) is 0 Å². The molecule has 2 aromatic rings. The highest BCUT2D eigenvalue weighted by Crippen LogP contribution is 2.27. The first-order valence-corrected chi connectivity index (χ1v) is 6.18. The Morgan fingerprint density at radius 3 is 2.94 bits per heavy atom. The third-order valence-electron chi connectivity index (χ3n) is 2.64. The third-order valence-corrected chi connectivity index (χ3v) is 3.81. The number of halogens is 1. The first-order chi connectivity index (χ1) is 8.17. The minimum absolute atomic E-state index is 0.0391. The summed E-state index contributed by atoms with van der Waals surface area (Å²) in [5.74, 6) is 0. The molecule has 1 atom stereocenters. The van der Waals surface area contributed by atoms with Gasteiger partial charge in [0.2, 0.25) is 5.43 Å². The summed E-state index contributed by atoms with van der Waals surface area (Å²) < 4.78 is 5.25. The fourth-order valence-corrected chi connectivity index (χ4v) is 1.94. The van der Waals surface area contributed by atoms with Crippen LogP contribution >= 0.6 is 15.9 Å². The van der Waals surface area contributed by atoms with Crippen molar-refractivity contribution in [3.63, 3.8) is 0 Å². The molecule has 1 unspecified atom stereocenters. The van der Waals surface area contributed by atoms with Crippen LogP contribution in [0.5, 0.6) is 0 Å². The minimum atomic E-state index is -0.272. The van der Waals surface area contributed by atoms with Crippen molar-refractivity contribution in [3.05, 3.63) is 45.8 Å². The van der Waals surface area contributed by atoms with Gasteiger partial charge < -0.3 is 4.42 Å². The zero-order valence-electron chi connectivity index (χ0n) is 9.24. The second-order valence-corrected chi connectivity index (χ2v) is 4.83. The lowest BCUT2D eigenvalue weighted by molar-refractivity contribution is 0.600. The molecule has 3 nitrogen and oxygen atoms in total. The van der Waals surface area contributed by atoms with Crippen LogP contribution in [0.1, 0.15) is 29.3 Å². The van der Waals surface area contributed by atoms with Gasteiger partial charge >= 0.3 is 0 Å². The molecule has 0 spiro atoms. The van der Waals surface area contributed by atoms with Crippen LogP contribution in [0.4, 0.5) is 0 Å². The van der Waals surface area contributed by atoms with Crippen molar-refractivity contribution in [1.82, 2.24) is 0 Å². The highest BCUT2D eigenvalue weighted by Gasteiger charge is 2.10. The molecule has 0 radical (unpaired) electrons. The van der Waals surface area contributed by atoms with Gasteiger partial charge in [0, 0.05) is 4.83 Å². The fourth-order valence-electron chi connectivity index (χ4n) is 1.66. The van der Waals surface area contributed by atoms with Crippen molar-refractivity contribution in [2.75, 3.05) is 0 Å². The second-order valence-electron chi connectivity index (χ2n) is 3.72. The largest absolute Gasteiger partial charge is 0.463 e. The summed E-state index contributed by atoms with van der Waals surface area (Å²) in [7, 11) is 0. The molecule has 1 heterocycles. The first-order valence-electron chi connectivity index (χ1n) is 5.27. The third kappa shape index (κ3) is 2.11. The van der Waals surface area contributed by atoms with E-state index in [9.17, 15) is 4.79 Å². The lowest BCUT2D eigenvalue weighted by atomic mass is 10.1. The molecule has 1 aromatic carbocycles. The van der Waals surface area contributed by atoms with Gasteiger partial charge in [0.05, 0.1) is 5.39 Å². The molecule has 0 aliphatic rings. The van der Waals surface area contributed by atoms with E-state index >= 15 is 0 Å². The van der Waals surface area contributed by atoms with Crippen molar-refractivity contribution in [1.29, 1.82) is 5.26 Å². The fraction of sp³-hybridized carbons (Fsp3) is 0.231.